The van der Waals surface area contributed by atoms with Crippen LogP contribution in [0.15, 0.2) is 29.3 Å². The van der Waals surface area contributed by atoms with Crippen molar-refractivity contribution >= 4 is 12.1 Å². The highest BCUT2D eigenvalue weighted by atomic mass is 16.6. The number of rotatable bonds is 7. The Hall–Kier alpha value is -2.28. The Morgan fingerprint density at radius 3 is 2.14 bits per heavy atom. The quantitative estimate of drug-likeness (QED) is 0.573. The lowest BCUT2D eigenvalue weighted by Gasteiger charge is -2.35. The number of amides is 1. The minimum atomic E-state index is -0.227. The molecule has 0 unspecified atom stereocenters. The molecule has 1 heterocycles. The molecule has 7 heteroatoms. The zero-order chi connectivity index (χ0) is 20.4. The summed E-state index contributed by atoms with van der Waals surface area (Å²) in [5.74, 6) is 0.871. The van der Waals surface area contributed by atoms with E-state index in [-0.39, 0.29) is 6.09 Å². The Kier molecular flexibility index (Phi) is 9.07. The van der Waals surface area contributed by atoms with Crippen molar-refractivity contribution in [2.75, 3.05) is 52.9 Å². The van der Waals surface area contributed by atoms with Crippen molar-refractivity contribution in [1.29, 1.82) is 0 Å². The van der Waals surface area contributed by atoms with Crippen LogP contribution in [0.4, 0.5) is 4.79 Å². The first-order valence-electron chi connectivity index (χ1n) is 10.3. The van der Waals surface area contributed by atoms with Gasteiger partial charge in [0.25, 0.3) is 0 Å². The van der Waals surface area contributed by atoms with Crippen LogP contribution in [0.25, 0.3) is 0 Å². The van der Waals surface area contributed by atoms with E-state index in [9.17, 15) is 4.79 Å². The highest BCUT2D eigenvalue weighted by molar-refractivity contribution is 5.80. The van der Waals surface area contributed by atoms with Crippen molar-refractivity contribution in [3.05, 3.63) is 35.4 Å². The third-order valence-corrected chi connectivity index (χ3v) is 5.09. The highest BCUT2D eigenvalue weighted by Gasteiger charge is 2.23. The molecule has 1 fully saturated rings. The van der Waals surface area contributed by atoms with Crippen molar-refractivity contribution in [2.45, 2.75) is 33.9 Å². The second-order valence-electron chi connectivity index (χ2n) is 6.85. The van der Waals surface area contributed by atoms with Crippen LogP contribution in [0.3, 0.4) is 0 Å². The molecule has 1 aliphatic heterocycles. The maximum Gasteiger partial charge on any atom is 0.409 e. The average Bonchev–Trinajstić information content (AvgIpc) is 2.74. The molecule has 0 spiro atoms. The average molecular weight is 390 g/mol. The van der Waals surface area contributed by atoms with Crippen LogP contribution in [-0.2, 0) is 17.8 Å². The number of piperazine rings is 1. The van der Waals surface area contributed by atoms with Gasteiger partial charge >= 0.3 is 6.09 Å². The molecular weight excluding hydrogens is 354 g/mol. The number of hydrogen-bond donors (Lipinski definition) is 1. The molecule has 0 atom stereocenters. The molecule has 28 heavy (non-hydrogen) atoms. The van der Waals surface area contributed by atoms with Gasteiger partial charge in [-0.25, -0.2) is 4.79 Å². The van der Waals surface area contributed by atoms with Gasteiger partial charge in [-0.05, 0) is 31.1 Å². The Morgan fingerprint density at radius 2 is 1.61 bits per heavy atom. The molecule has 1 N–H and O–H groups in total. The van der Waals surface area contributed by atoms with E-state index in [1.165, 1.54) is 11.1 Å². The largest absolute Gasteiger partial charge is 0.450 e. The number of nitrogens with zero attached hydrogens (tertiary/aromatic N) is 4. The summed E-state index contributed by atoms with van der Waals surface area (Å²) >= 11 is 0. The summed E-state index contributed by atoms with van der Waals surface area (Å²) in [4.78, 5) is 22.6. The maximum atomic E-state index is 11.8. The van der Waals surface area contributed by atoms with Gasteiger partial charge in [-0.2, -0.15) is 0 Å². The molecule has 0 saturated carbocycles. The number of guanidine groups is 1. The second-order valence-corrected chi connectivity index (χ2v) is 6.85. The lowest BCUT2D eigenvalue weighted by molar-refractivity contribution is 0.0914. The number of aliphatic imine (C=N–C) groups is 1. The fourth-order valence-electron chi connectivity index (χ4n) is 3.30. The van der Waals surface area contributed by atoms with Gasteiger partial charge in [0.05, 0.1) is 6.61 Å². The number of benzene rings is 1. The molecule has 1 saturated heterocycles. The van der Waals surface area contributed by atoms with Crippen molar-refractivity contribution < 1.29 is 9.53 Å². The molecule has 1 aliphatic rings. The summed E-state index contributed by atoms with van der Waals surface area (Å²) in [7, 11) is 1.80. The lowest BCUT2D eigenvalue weighted by Crippen LogP contribution is -2.53. The van der Waals surface area contributed by atoms with E-state index in [0.29, 0.717) is 19.7 Å². The molecule has 7 nitrogen and oxygen atoms in total. The van der Waals surface area contributed by atoms with Crippen molar-refractivity contribution in [3.63, 3.8) is 0 Å². The lowest BCUT2D eigenvalue weighted by atomic mass is 10.1. The van der Waals surface area contributed by atoms with Crippen molar-refractivity contribution in [3.8, 4) is 0 Å². The molecule has 0 aliphatic carbocycles. The van der Waals surface area contributed by atoms with E-state index < -0.39 is 0 Å². The molecule has 156 valence electrons. The number of carbonyl (C=O) groups excluding carboxylic acids is 1. The van der Waals surface area contributed by atoms with Gasteiger partial charge in [-0.1, -0.05) is 38.1 Å². The van der Waals surface area contributed by atoms with Gasteiger partial charge in [-0.15, -0.1) is 0 Å². The standard InChI is InChI=1S/C21H35N5O2/c1-5-24(6-2)17-19-10-8-18(9-11-19)16-23-20(22-4)25-12-14-26(15-13-25)21(27)28-7-3/h8-11H,5-7,12-17H2,1-4H3,(H,22,23). The van der Waals surface area contributed by atoms with E-state index in [1.54, 1.807) is 11.9 Å². The summed E-state index contributed by atoms with van der Waals surface area (Å²) in [6.07, 6.45) is -0.227. The molecule has 0 bridgehead atoms. The first-order valence-corrected chi connectivity index (χ1v) is 10.3. The van der Waals surface area contributed by atoms with Crippen LogP contribution < -0.4 is 5.32 Å². The summed E-state index contributed by atoms with van der Waals surface area (Å²) in [5, 5.41) is 3.44. The Morgan fingerprint density at radius 1 is 1.04 bits per heavy atom. The minimum Gasteiger partial charge on any atom is -0.450 e. The monoisotopic (exact) mass is 389 g/mol. The third-order valence-electron chi connectivity index (χ3n) is 5.09. The normalized spacial score (nSPS) is 15.1. The van der Waals surface area contributed by atoms with Crippen LogP contribution in [0, 0.1) is 0 Å². The highest BCUT2D eigenvalue weighted by Crippen LogP contribution is 2.09. The van der Waals surface area contributed by atoms with E-state index in [1.807, 2.05) is 6.92 Å². The number of ether oxygens (including phenoxy) is 1. The number of nitrogens with one attached hydrogen (secondary N) is 1. The molecule has 1 amide bonds. The Labute approximate surface area is 169 Å². The van der Waals surface area contributed by atoms with Crippen LogP contribution in [-0.4, -0.2) is 79.7 Å². The Balaban J connectivity index is 1.82. The molecular formula is C21H35N5O2. The fraction of sp³-hybridized carbons (Fsp3) is 0.619. The van der Waals surface area contributed by atoms with E-state index in [4.69, 9.17) is 4.74 Å². The first-order chi connectivity index (χ1) is 13.6. The van der Waals surface area contributed by atoms with Crippen LogP contribution >= 0.6 is 0 Å². The molecule has 0 aromatic heterocycles. The summed E-state index contributed by atoms with van der Waals surface area (Å²) in [5.41, 5.74) is 2.57. The van der Waals surface area contributed by atoms with Gasteiger partial charge in [-0.3, -0.25) is 9.89 Å². The minimum absolute atomic E-state index is 0.227. The summed E-state index contributed by atoms with van der Waals surface area (Å²) in [6, 6.07) is 8.77. The maximum absolute atomic E-state index is 11.8. The van der Waals surface area contributed by atoms with Crippen molar-refractivity contribution in [2.24, 2.45) is 4.99 Å². The summed E-state index contributed by atoms with van der Waals surface area (Å²) < 4.78 is 5.08. The SMILES string of the molecule is CCOC(=O)N1CCN(C(=NC)NCc2ccc(CN(CC)CC)cc2)CC1. The molecule has 1 aromatic carbocycles. The van der Waals surface area contributed by atoms with E-state index in [0.717, 1.165) is 45.2 Å². The van der Waals surface area contributed by atoms with Crippen LogP contribution in [0.1, 0.15) is 31.9 Å². The zero-order valence-corrected chi connectivity index (χ0v) is 17.8. The Bertz CT molecular complexity index is 620. The van der Waals surface area contributed by atoms with Gasteiger partial charge in [0.2, 0.25) is 0 Å². The topological polar surface area (TPSA) is 60.4 Å². The summed E-state index contributed by atoms with van der Waals surface area (Å²) in [6.45, 7) is 13.3. The van der Waals surface area contributed by atoms with Gasteiger partial charge in [0, 0.05) is 46.3 Å². The molecule has 1 aromatic rings. The third kappa shape index (κ3) is 6.41. The second kappa shape index (κ2) is 11.5. The van der Waals surface area contributed by atoms with Gasteiger partial charge in [0.15, 0.2) is 5.96 Å². The van der Waals surface area contributed by atoms with Gasteiger partial charge < -0.3 is 19.9 Å². The zero-order valence-electron chi connectivity index (χ0n) is 17.8. The smallest absolute Gasteiger partial charge is 0.409 e. The number of hydrogen-bond acceptors (Lipinski definition) is 4. The molecule has 2 rings (SSSR count). The molecule has 0 radical (unpaired) electrons. The van der Waals surface area contributed by atoms with Crippen LogP contribution in [0.2, 0.25) is 0 Å². The van der Waals surface area contributed by atoms with Crippen LogP contribution in [0.5, 0.6) is 0 Å². The fourth-order valence-corrected chi connectivity index (χ4v) is 3.30. The van der Waals surface area contributed by atoms with Crippen molar-refractivity contribution in [1.82, 2.24) is 20.0 Å². The van der Waals surface area contributed by atoms with Gasteiger partial charge in [0.1, 0.15) is 0 Å². The van der Waals surface area contributed by atoms with E-state index >= 15 is 0 Å². The first kappa shape index (κ1) is 22.0. The number of carbonyl (C=O) groups is 1. The predicted molar refractivity (Wildman–Crippen MR) is 113 cm³/mol. The predicted octanol–water partition coefficient (Wildman–Crippen LogP) is 2.38. The van der Waals surface area contributed by atoms with E-state index in [2.05, 4.69) is 58.2 Å².